The third-order valence-electron chi connectivity index (χ3n) is 4.03. The van der Waals surface area contributed by atoms with Crippen LogP contribution in [0.15, 0.2) is 53.4 Å². The van der Waals surface area contributed by atoms with Crippen molar-refractivity contribution in [2.45, 2.75) is 18.4 Å². The molecule has 146 valence electrons. The Balaban J connectivity index is 1.74. The van der Waals surface area contributed by atoms with Gasteiger partial charge in [0.1, 0.15) is 6.54 Å². The van der Waals surface area contributed by atoms with Gasteiger partial charge < -0.3 is 5.32 Å². The lowest BCUT2D eigenvalue weighted by atomic mass is 10.2. The van der Waals surface area contributed by atoms with E-state index in [1.807, 2.05) is 30.3 Å². The first-order valence-electron chi connectivity index (χ1n) is 8.43. The Hall–Kier alpha value is -3.11. The van der Waals surface area contributed by atoms with Crippen molar-refractivity contribution >= 4 is 21.6 Å². The average Bonchev–Trinajstić information content (AvgIpc) is 3.12. The van der Waals surface area contributed by atoms with E-state index >= 15 is 0 Å². The SMILES string of the molecule is Cc1ccc(S(=O)(=O)N(C)C)cc1NC(=O)Cn1nnc(-c2ccccc2)n1. The molecule has 10 heteroatoms. The van der Waals surface area contributed by atoms with Crippen LogP contribution < -0.4 is 5.32 Å². The molecule has 1 aromatic heterocycles. The molecule has 0 saturated heterocycles. The molecule has 0 aliphatic rings. The minimum atomic E-state index is -3.60. The van der Waals surface area contributed by atoms with Crippen molar-refractivity contribution in [3.8, 4) is 11.4 Å². The fourth-order valence-electron chi connectivity index (χ4n) is 2.44. The second-order valence-corrected chi connectivity index (χ2v) is 8.47. The smallest absolute Gasteiger partial charge is 0.248 e. The highest BCUT2D eigenvalue weighted by Crippen LogP contribution is 2.22. The molecule has 0 radical (unpaired) electrons. The summed E-state index contributed by atoms with van der Waals surface area (Å²) in [7, 11) is -0.691. The summed E-state index contributed by atoms with van der Waals surface area (Å²) in [5.41, 5.74) is 1.95. The molecule has 3 rings (SSSR count). The van der Waals surface area contributed by atoms with Crippen LogP contribution in [0.1, 0.15) is 5.56 Å². The van der Waals surface area contributed by atoms with Gasteiger partial charge in [-0.25, -0.2) is 12.7 Å². The Labute approximate surface area is 163 Å². The van der Waals surface area contributed by atoms with Crippen molar-refractivity contribution < 1.29 is 13.2 Å². The molecule has 1 heterocycles. The van der Waals surface area contributed by atoms with Crippen LogP contribution in [0.2, 0.25) is 0 Å². The maximum absolute atomic E-state index is 12.4. The van der Waals surface area contributed by atoms with E-state index < -0.39 is 10.0 Å². The third-order valence-corrected chi connectivity index (χ3v) is 5.84. The summed E-state index contributed by atoms with van der Waals surface area (Å²) in [5.74, 6) is 0.0307. The molecule has 28 heavy (non-hydrogen) atoms. The fourth-order valence-corrected chi connectivity index (χ4v) is 3.37. The van der Waals surface area contributed by atoms with Crippen molar-refractivity contribution in [1.29, 1.82) is 0 Å². The Bertz CT molecular complexity index is 1090. The predicted molar refractivity (Wildman–Crippen MR) is 104 cm³/mol. The predicted octanol–water partition coefficient (Wildman–Crippen LogP) is 1.54. The van der Waals surface area contributed by atoms with Gasteiger partial charge in [0.15, 0.2) is 0 Å². The molecule has 0 aliphatic carbocycles. The zero-order valence-corrected chi connectivity index (χ0v) is 16.5. The van der Waals surface area contributed by atoms with Gasteiger partial charge in [0, 0.05) is 25.3 Å². The molecular formula is C18H20N6O3S. The summed E-state index contributed by atoms with van der Waals surface area (Å²) in [4.78, 5) is 13.7. The maximum Gasteiger partial charge on any atom is 0.248 e. The number of carbonyl (C=O) groups excluding carboxylic acids is 1. The molecule has 0 bridgehead atoms. The Morgan fingerprint density at radius 3 is 2.54 bits per heavy atom. The van der Waals surface area contributed by atoms with Crippen LogP contribution in [0, 0.1) is 6.92 Å². The number of amides is 1. The first-order valence-corrected chi connectivity index (χ1v) is 9.87. The van der Waals surface area contributed by atoms with Crippen molar-refractivity contribution in [2.75, 3.05) is 19.4 Å². The number of aromatic nitrogens is 4. The molecule has 3 aromatic rings. The van der Waals surface area contributed by atoms with Crippen LogP contribution in [0.5, 0.6) is 0 Å². The Kier molecular flexibility index (Phi) is 5.52. The molecule has 0 saturated carbocycles. The minimum Gasteiger partial charge on any atom is -0.324 e. The van der Waals surface area contributed by atoms with Gasteiger partial charge in [-0.3, -0.25) is 4.79 Å². The second kappa shape index (κ2) is 7.87. The molecule has 0 aliphatic heterocycles. The molecule has 2 aromatic carbocycles. The molecule has 1 amide bonds. The lowest BCUT2D eigenvalue weighted by Crippen LogP contribution is -2.23. The third kappa shape index (κ3) is 4.24. The normalized spacial score (nSPS) is 11.6. The molecule has 0 unspecified atom stereocenters. The number of anilines is 1. The molecule has 0 fully saturated rings. The number of rotatable bonds is 6. The summed E-state index contributed by atoms with van der Waals surface area (Å²) in [6.07, 6.45) is 0. The molecule has 1 N–H and O–H groups in total. The monoisotopic (exact) mass is 400 g/mol. The van der Waals surface area contributed by atoms with Gasteiger partial charge in [-0.15, -0.1) is 10.2 Å². The van der Waals surface area contributed by atoms with E-state index in [4.69, 9.17) is 0 Å². The second-order valence-electron chi connectivity index (χ2n) is 6.32. The molecule has 9 nitrogen and oxygen atoms in total. The molecule has 0 atom stereocenters. The number of hydrogen-bond acceptors (Lipinski definition) is 6. The van der Waals surface area contributed by atoms with Gasteiger partial charge in [-0.2, -0.15) is 4.80 Å². The lowest BCUT2D eigenvalue weighted by molar-refractivity contribution is -0.117. The van der Waals surface area contributed by atoms with Gasteiger partial charge in [0.05, 0.1) is 4.90 Å². The summed E-state index contributed by atoms with van der Waals surface area (Å²) in [6.45, 7) is 1.63. The van der Waals surface area contributed by atoms with E-state index in [0.717, 1.165) is 15.4 Å². The van der Waals surface area contributed by atoms with E-state index in [1.165, 1.54) is 31.0 Å². The zero-order valence-electron chi connectivity index (χ0n) is 15.7. The minimum absolute atomic E-state index is 0.101. The number of carbonyl (C=O) groups is 1. The standard InChI is InChI=1S/C18H20N6O3S/c1-13-9-10-15(28(26,27)23(2)3)11-16(13)19-17(25)12-24-21-18(20-22-24)14-7-5-4-6-8-14/h4-11H,12H2,1-3H3,(H,19,25). The quantitative estimate of drug-likeness (QED) is 0.672. The van der Waals surface area contributed by atoms with Crippen LogP contribution in [0.3, 0.4) is 0 Å². The van der Waals surface area contributed by atoms with Crippen LogP contribution in [0.4, 0.5) is 5.69 Å². The Morgan fingerprint density at radius 2 is 1.86 bits per heavy atom. The van der Waals surface area contributed by atoms with Crippen molar-refractivity contribution in [2.24, 2.45) is 0 Å². The first kappa shape index (κ1) is 19.6. The van der Waals surface area contributed by atoms with Crippen LogP contribution >= 0.6 is 0 Å². The van der Waals surface area contributed by atoms with E-state index in [9.17, 15) is 13.2 Å². The zero-order chi connectivity index (χ0) is 20.3. The van der Waals surface area contributed by atoms with Gasteiger partial charge in [0.25, 0.3) is 0 Å². The molecular weight excluding hydrogens is 380 g/mol. The number of tetrazole rings is 1. The summed E-state index contributed by atoms with van der Waals surface area (Å²) < 4.78 is 25.7. The Morgan fingerprint density at radius 1 is 1.14 bits per heavy atom. The maximum atomic E-state index is 12.4. The number of sulfonamides is 1. The van der Waals surface area contributed by atoms with E-state index in [1.54, 1.807) is 13.0 Å². The van der Waals surface area contributed by atoms with Crippen molar-refractivity contribution in [1.82, 2.24) is 24.5 Å². The van der Waals surface area contributed by atoms with Gasteiger partial charge in [-0.1, -0.05) is 36.4 Å². The highest BCUT2D eigenvalue weighted by Gasteiger charge is 2.19. The highest BCUT2D eigenvalue weighted by molar-refractivity contribution is 7.89. The first-order chi connectivity index (χ1) is 13.3. The van der Waals surface area contributed by atoms with E-state index in [-0.39, 0.29) is 17.3 Å². The van der Waals surface area contributed by atoms with Gasteiger partial charge >= 0.3 is 0 Å². The number of aryl methyl sites for hydroxylation is 1. The number of nitrogens with one attached hydrogen (secondary N) is 1. The van der Waals surface area contributed by atoms with Gasteiger partial charge in [0.2, 0.25) is 21.8 Å². The summed E-state index contributed by atoms with van der Waals surface area (Å²) >= 11 is 0. The van der Waals surface area contributed by atoms with Crippen LogP contribution in [-0.4, -0.2) is 52.9 Å². The molecule has 0 spiro atoms. The highest BCUT2D eigenvalue weighted by atomic mass is 32.2. The van der Waals surface area contributed by atoms with Gasteiger partial charge in [-0.05, 0) is 29.8 Å². The number of benzene rings is 2. The average molecular weight is 400 g/mol. The topological polar surface area (TPSA) is 110 Å². The summed E-state index contributed by atoms with van der Waals surface area (Å²) in [5, 5.41) is 14.7. The lowest BCUT2D eigenvalue weighted by Gasteiger charge is -2.14. The van der Waals surface area contributed by atoms with Crippen molar-refractivity contribution in [3.63, 3.8) is 0 Å². The van der Waals surface area contributed by atoms with Crippen molar-refractivity contribution in [3.05, 3.63) is 54.1 Å². The summed E-state index contributed by atoms with van der Waals surface area (Å²) in [6, 6.07) is 13.9. The van der Waals surface area contributed by atoms with E-state index in [2.05, 4.69) is 20.7 Å². The van der Waals surface area contributed by atoms with Crippen LogP contribution in [-0.2, 0) is 21.4 Å². The largest absolute Gasteiger partial charge is 0.324 e. The number of nitrogens with zero attached hydrogens (tertiary/aromatic N) is 5. The van der Waals surface area contributed by atoms with Crippen LogP contribution in [0.25, 0.3) is 11.4 Å². The fraction of sp³-hybridized carbons (Fsp3) is 0.222. The number of hydrogen-bond donors (Lipinski definition) is 1. The van der Waals surface area contributed by atoms with E-state index in [0.29, 0.717) is 11.5 Å².